The van der Waals surface area contributed by atoms with Crippen LogP contribution in [0.2, 0.25) is 0 Å². The van der Waals surface area contributed by atoms with E-state index in [1.807, 2.05) is 56.3 Å². The van der Waals surface area contributed by atoms with Gasteiger partial charge in [0.15, 0.2) is 0 Å². The van der Waals surface area contributed by atoms with Gasteiger partial charge in [0.05, 0.1) is 12.7 Å². The van der Waals surface area contributed by atoms with Crippen LogP contribution in [0.1, 0.15) is 40.9 Å². The van der Waals surface area contributed by atoms with Crippen LogP contribution in [0, 0.1) is 0 Å². The predicted octanol–water partition coefficient (Wildman–Crippen LogP) is 4.18. The molecule has 0 bridgehead atoms. The maximum atomic E-state index is 11.9. The van der Waals surface area contributed by atoms with Gasteiger partial charge in [0.1, 0.15) is 11.5 Å². The normalized spacial score (nSPS) is 10.7. The molecular formula is C21H23NO3. The van der Waals surface area contributed by atoms with Crippen LogP contribution < -0.4 is 10.5 Å². The molecule has 0 unspecified atom stereocenters. The van der Waals surface area contributed by atoms with E-state index in [1.54, 1.807) is 12.1 Å². The van der Waals surface area contributed by atoms with Gasteiger partial charge in [-0.1, -0.05) is 54.1 Å². The monoisotopic (exact) mass is 337 g/mol. The Bertz CT molecular complexity index is 817. The lowest BCUT2D eigenvalue weighted by molar-refractivity contribution is 0.0997. The van der Waals surface area contributed by atoms with Gasteiger partial charge in [0.25, 0.3) is 5.91 Å². The lowest BCUT2D eigenvalue weighted by atomic mass is 9.97. The van der Waals surface area contributed by atoms with Crippen LogP contribution in [0.25, 0.3) is 12.2 Å². The number of hydrogen-bond acceptors (Lipinski definition) is 3. The Morgan fingerprint density at radius 2 is 1.88 bits per heavy atom. The van der Waals surface area contributed by atoms with Crippen LogP contribution in [0.3, 0.4) is 0 Å². The Kier molecular flexibility index (Phi) is 6.01. The number of primary amides is 1. The third-order valence-electron chi connectivity index (χ3n) is 3.83. The van der Waals surface area contributed by atoms with Crippen LogP contribution >= 0.6 is 0 Å². The molecule has 2 rings (SSSR count). The van der Waals surface area contributed by atoms with Crippen molar-refractivity contribution in [2.24, 2.45) is 5.73 Å². The van der Waals surface area contributed by atoms with Gasteiger partial charge in [-0.2, -0.15) is 0 Å². The summed E-state index contributed by atoms with van der Waals surface area (Å²) in [4.78, 5) is 11.9. The molecular weight excluding hydrogens is 314 g/mol. The highest BCUT2D eigenvalue weighted by molar-refractivity contribution is 6.01. The summed E-state index contributed by atoms with van der Waals surface area (Å²) >= 11 is 0. The summed E-state index contributed by atoms with van der Waals surface area (Å²) in [5, 5.41) is 10.6. The number of rotatable bonds is 6. The third kappa shape index (κ3) is 4.51. The smallest absolute Gasteiger partial charge is 0.253 e. The Balaban J connectivity index is 2.56. The maximum Gasteiger partial charge on any atom is 0.253 e. The molecule has 3 N–H and O–H groups in total. The van der Waals surface area contributed by atoms with Crippen molar-refractivity contribution < 1.29 is 14.6 Å². The van der Waals surface area contributed by atoms with Gasteiger partial charge in [0.2, 0.25) is 0 Å². The fourth-order valence-electron chi connectivity index (χ4n) is 2.53. The summed E-state index contributed by atoms with van der Waals surface area (Å²) in [6.45, 7) is 3.94. The first kappa shape index (κ1) is 18.3. The van der Waals surface area contributed by atoms with E-state index in [0.29, 0.717) is 23.3 Å². The minimum Gasteiger partial charge on any atom is -0.507 e. The molecule has 4 nitrogen and oxygen atoms in total. The number of nitrogens with two attached hydrogens (primary N) is 1. The van der Waals surface area contributed by atoms with Gasteiger partial charge in [-0.05, 0) is 37.5 Å². The molecule has 4 heteroatoms. The first-order valence-electron chi connectivity index (χ1n) is 8.03. The van der Waals surface area contributed by atoms with Gasteiger partial charge in [0, 0.05) is 5.56 Å². The number of ether oxygens (including phenoxy) is 1. The highest BCUT2D eigenvalue weighted by atomic mass is 16.5. The van der Waals surface area contributed by atoms with Crippen LogP contribution in [0.4, 0.5) is 0 Å². The summed E-state index contributed by atoms with van der Waals surface area (Å²) in [7, 11) is 1.54. The van der Waals surface area contributed by atoms with E-state index in [4.69, 9.17) is 10.5 Å². The van der Waals surface area contributed by atoms with E-state index in [-0.39, 0.29) is 11.3 Å². The molecule has 130 valence electrons. The van der Waals surface area contributed by atoms with Crippen molar-refractivity contribution in [2.45, 2.75) is 20.3 Å². The second-order valence-corrected chi connectivity index (χ2v) is 5.96. The minimum absolute atomic E-state index is 0.102. The van der Waals surface area contributed by atoms with Gasteiger partial charge in [-0.3, -0.25) is 4.79 Å². The van der Waals surface area contributed by atoms with Crippen molar-refractivity contribution >= 4 is 18.1 Å². The largest absolute Gasteiger partial charge is 0.507 e. The van der Waals surface area contributed by atoms with E-state index < -0.39 is 5.91 Å². The van der Waals surface area contributed by atoms with Gasteiger partial charge < -0.3 is 15.6 Å². The molecule has 25 heavy (non-hydrogen) atoms. The fraction of sp³-hybridized carbons (Fsp3) is 0.190. The number of carbonyl (C=O) groups excluding carboxylic acids is 1. The zero-order chi connectivity index (χ0) is 18.4. The molecule has 0 aliphatic rings. The molecule has 0 aliphatic heterocycles. The minimum atomic E-state index is -0.675. The van der Waals surface area contributed by atoms with Crippen molar-refractivity contribution in [3.8, 4) is 11.5 Å². The average molecular weight is 337 g/mol. The van der Waals surface area contributed by atoms with E-state index in [9.17, 15) is 9.90 Å². The first-order chi connectivity index (χ1) is 11.9. The van der Waals surface area contributed by atoms with Gasteiger partial charge >= 0.3 is 0 Å². The Hall–Kier alpha value is -3.01. The summed E-state index contributed by atoms with van der Waals surface area (Å²) < 4.78 is 5.41. The highest BCUT2D eigenvalue weighted by Crippen LogP contribution is 2.36. The molecule has 0 heterocycles. The quantitative estimate of drug-likeness (QED) is 0.613. The molecule has 0 radical (unpaired) electrons. The number of carbonyl (C=O) groups is 1. The molecule has 2 aromatic carbocycles. The second-order valence-electron chi connectivity index (χ2n) is 5.96. The van der Waals surface area contributed by atoms with Crippen molar-refractivity contribution in [3.63, 3.8) is 0 Å². The van der Waals surface area contributed by atoms with Crippen LogP contribution in [0.15, 0.2) is 48.0 Å². The van der Waals surface area contributed by atoms with Crippen LogP contribution in [0.5, 0.6) is 11.5 Å². The zero-order valence-corrected chi connectivity index (χ0v) is 14.7. The second kappa shape index (κ2) is 8.20. The lowest BCUT2D eigenvalue weighted by Gasteiger charge is -2.15. The molecule has 0 spiro atoms. The Morgan fingerprint density at radius 1 is 1.20 bits per heavy atom. The molecule has 0 saturated carbocycles. The van der Waals surface area contributed by atoms with Gasteiger partial charge in [-0.15, -0.1) is 0 Å². The number of hydrogen-bond donors (Lipinski definition) is 2. The Labute approximate surface area is 148 Å². The highest BCUT2D eigenvalue weighted by Gasteiger charge is 2.20. The summed E-state index contributed by atoms with van der Waals surface area (Å²) in [5.74, 6) is -0.281. The van der Waals surface area contributed by atoms with Crippen LogP contribution in [-0.2, 0) is 6.42 Å². The molecule has 0 fully saturated rings. The van der Waals surface area contributed by atoms with Crippen LogP contribution in [-0.4, -0.2) is 18.1 Å². The predicted molar refractivity (Wildman–Crippen MR) is 102 cm³/mol. The van der Waals surface area contributed by atoms with E-state index in [2.05, 4.69) is 0 Å². The average Bonchev–Trinajstić information content (AvgIpc) is 2.58. The lowest BCUT2D eigenvalue weighted by Crippen LogP contribution is -2.14. The number of methoxy groups -OCH3 is 1. The number of aromatic hydroxyl groups is 1. The van der Waals surface area contributed by atoms with Crippen molar-refractivity contribution in [2.75, 3.05) is 7.11 Å². The third-order valence-corrected chi connectivity index (χ3v) is 3.83. The van der Waals surface area contributed by atoms with E-state index >= 15 is 0 Å². The topological polar surface area (TPSA) is 72.5 Å². The summed E-state index contributed by atoms with van der Waals surface area (Å²) in [6, 6.07) is 11.4. The van der Waals surface area contributed by atoms with Crippen molar-refractivity contribution in [1.82, 2.24) is 0 Å². The molecule has 0 atom stereocenters. The molecule has 0 saturated heterocycles. The molecule has 0 aliphatic carbocycles. The zero-order valence-electron chi connectivity index (χ0n) is 14.7. The van der Waals surface area contributed by atoms with E-state index in [1.165, 1.54) is 7.11 Å². The molecule has 2 aromatic rings. The number of allylic oxidation sites excluding steroid dienone is 2. The van der Waals surface area contributed by atoms with Gasteiger partial charge in [-0.25, -0.2) is 0 Å². The molecule has 0 aromatic heterocycles. The Morgan fingerprint density at radius 3 is 2.44 bits per heavy atom. The summed E-state index contributed by atoms with van der Waals surface area (Å²) in [6.07, 6.45) is 6.03. The fourth-order valence-corrected chi connectivity index (χ4v) is 2.53. The first-order valence-corrected chi connectivity index (χ1v) is 8.03. The van der Waals surface area contributed by atoms with Crippen molar-refractivity contribution in [1.29, 1.82) is 0 Å². The van der Waals surface area contributed by atoms with Crippen molar-refractivity contribution in [3.05, 3.63) is 70.3 Å². The molecule has 1 amide bonds. The number of phenols is 1. The maximum absolute atomic E-state index is 11.9. The number of benzene rings is 2. The standard InChI is InChI=1S/C21H23NO3/c1-14(2)9-12-17-18(25-3)13-16(19(20(17)23)21(22)24)11-10-15-7-5-4-6-8-15/h4-11,13,23H,12H2,1-3H3,(H2,22,24)/b11-10+. The summed E-state index contributed by atoms with van der Waals surface area (Å²) in [5.41, 5.74) is 8.77. The SMILES string of the molecule is COc1cc(/C=C/c2ccccc2)c(C(N)=O)c(O)c1CC=C(C)C. The number of amides is 1. The van der Waals surface area contributed by atoms with E-state index in [0.717, 1.165) is 11.1 Å².